The van der Waals surface area contributed by atoms with E-state index in [2.05, 4.69) is 10.1 Å². The van der Waals surface area contributed by atoms with Crippen LogP contribution in [0.5, 0.6) is 11.5 Å². The Bertz CT molecular complexity index is 671. The number of methoxy groups -OCH3 is 1. The molecule has 2 aromatic carbocycles. The highest BCUT2D eigenvalue weighted by molar-refractivity contribution is 6.06. The molecular formula is C15H12F3NO3. The largest absolute Gasteiger partial charge is 0.573 e. The van der Waals surface area contributed by atoms with Gasteiger partial charge < -0.3 is 14.8 Å². The van der Waals surface area contributed by atoms with Crippen LogP contribution in [-0.2, 0) is 0 Å². The van der Waals surface area contributed by atoms with E-state index in [1.54, 1.807) is 24.3 Å². The summed E-state index contributed by atoms with van der Waals surface area (Å²) < 4.78 is 45.4. The van der Waals surface area contributed by atoms with Gasteiger partial charge in [-0.2, -0.15) is 0 Å². The van der Waals surface area contributed by atoms with Crippen molar-refractivity contribution in [2.24, 2.45) is 0 Å². The lowest BCUT2D eigenvalue weighted by Gasteiger charge is -2.11. The Morgan fingerprint density at radius 1 is 1.09 bits per heavy atom. The van der Waals surface area contributed by atoms with E-state index in [9.17, 15) is 18.0 Å². The van der Waals surface area contributed by atoms with Crippen LogP contribution in [0.4, 0.5) is 18.9 Å². The first kappa shape index (κ1) is 15.7. The minimum Gasteiger partial charge on any atom is -0.496 e. The Kier molecular flexibility index (Phi) is 4.55. The van der Waals surface area contributed by atoms with Crippen LogP contribution in [0.15, 0.2) is 48.5 Å². The lowest BCUT2D eigenvalue weighted by molar-refractivity contribution is -0.274. The van der Waals surface area contributed by atoms with Crippen LogP contribution in [0.1, 0.15) is 10.4 Å². The molecular weight excluding hydrogens is 299 g/mol. The summed E-state index contributed by atoms with van der Waals surface area (Å²) >= 11 is 0. The first-order valence-electron chi connectivity index (χ1n) is 6.19. The predicted molar refractivity (Wildman–Crippen MR) is 74.1 cm³/mol. The van der Waals surface area contributed by atoms with Crippen LogP contribution >= 0.6 is 0 Å². The average Bonchev–Trinajstić information content (AvgIpc) is 2.45. The van der Waals surface area contributed by atoms with Crippen molar-refractivity contribution in [3.8, 4) is 11.5 Å². The van der Waals surface area contributed by atoms with E-state index in [4.69, 9.17) is 4.74 Å². The molecule has 1 amide bonds. The third-order valence-electron chi connectivity index (χ3n) is 2.68. The van der Waals surface area contributed by atoms with Crippen LogP contribution in [0.3, 0.4) is 0 Å². The number of anilines is 1. The fourth-order valence-electron chi connectivity index (χ4n) is 1.80. The van der Waals surface area contributed by atoms with E-state index < -0.39 is 18.0 Å². The number of carbonyl (C=O) groups is 1. The summed E-state index contributed by atoms with van der Waals surface area (Å²) in [7, 11) is 1.42. The Hall–Kier alpha value is -2.70. The second kappa shape index (κ2) is 6.38. The Morgan fingerprint density at radius 2 is 1.82 bits per heavy atom. The van der Waals surface area contributed by atoms with Crippen LogP contribution in [0.25, 0.3) is 0 Å². The van der Waals surface area contributed by atoms with Crippen molar-refractivity contribution in [2.75, 3.05) is 12.4 Å². The minimum atomic E-state index is -4.79. The summed E-state index contributed by atoms with van der Waals surface area (Å²) in [4.78, 5) is 12.1. The first-order valence-corrected chi connectivity index (χ1v) is 6.19. The summed E-state index contributed by atoms with van der Waals surface area (Å²) in [6.07, 6.45) is -4.79. The number of amides is 1. The molecule has 0 aromatic heterocycles. The van der Waals surface area contributed by atoms with E-state index in [1.807, 2.05) is 0 Å². The van der Waals surface area contributed by atoms with Gasteiger partial charge in [0.25, 0.3) is 5.91 Å². The second-order valence-electron chi connectivity index (χ2n) is 4.23. The number of benzene rings is 2. The summed E-state index contributed by atoms with van der Waals surface area (Å²) in [6, 6.07) is 11.5. The highest BCUT2D eigenvalue weighted by Crippen LogP contribution is 2.26. The molecule has 0 saturated heterocycles. The van der Waals surface area contributed by atoms with Gasteiger partial charge in [-0.1, -0.05) is 18.2 Å². The van der Waals surface area contributed by atoms with Gasteiger partial charge in [-0.3, -0.25) is 4.79 Å². The molecule has 116 valence electrons. The van der Waals surface area contributed by atoms with Crippen molar-refractivity contribution in [3.63, 3.8) is 0 Å². The zero-order valence-corrected chi connectivity index (χ0v) is 11.5. The Morgan fingerprint density at radius 3 is 2.50 bits per heavy atom. The third kappa shape index (κ3) is 4.15. The SMILES string of the molecule is COc1ccccc1C(=O)Nc1cccc(OC(F)(F)F)c1. The Labute approximate surface area is 124 Å². The molecule has 0 radical (unpaired) electrons. The monoisotopic (exact) mass is 311 g/mol. The fourth-order valence-corrected chi connectivity index (χ4v) is 1.80. The molecule has 1 N–H and O–H groups in total. The van der Waals surface area contributed by atoms with E-state index >= 15 is 0 Å². The number of nitrogens with one attached hydrogen (secondary N) is 1. The van der Waals surface area contributed by atoms with Crippen LogP contribution in [0.2, 0.25) is 0 Å². The molecule has 0 spiro atoms. The first-order chi connectivity index (χ1) is 10.4. The predicted octanol–water partition coefficient (Wildman–Crippen LogP) is 3.85. The van der Waals surface area contributed by atoms with Crippen molar-refractivity contribution in [3.05, 3.63) is 54.1 Å². The maximum absolute atomic E-state index is 12.2. The van der Waals surface area contributed by atoms with Crippen LogP contribution in [0, 0.1) is 0 Å². The number of alkyl halides is 3. The smallest absolute Gasteiger partial charge is 0.496 e. The van der Waals surface area contributed by atoms with E-state index in [0.29, 0.717) is 5.75 Å². The van der Waals surface area contributed by atoms with Crippen molar-refractivity contribution >= 4 is 11.6 Å². The van der Waals surface area contributed by atoms with Gasteiger partial charge in [0, 0.05) is 11.8 Å². The van der Waals surface area contributed by atoms with Gasteiger partial charge in [-0.15, -0.1) is 13.2 Å². The quantitative estimate of drug-likeness (QED) is 0.933. The van der Waals surface area contributed by atoms with Gasteiger partial charge in [-0.25, -0.2) is 0 Å². The van der Waals surface area contributed by atoms with E-state index in [0.717, 1.165) is 12.1 Å². The average molecular weight is 311 g/mol. The molecule has 0 aliphatic carbocycles. The van der Waals surface area contributed by atoms with Crippen LogP contribution < -0.4 is 14.8 Å². The number of hydrogen-bond donors (Lipinski definition) is 1. The van der Waals surface area contributed by atoms with Gasteiger partial charge in [0.15, 0.2) is 0 Å². The van der Waals surface area contributed by atoms with Gasteiger partial charge in [0.2, 0.25) is 0 Å². The van der Waals surface area contributed by atoms with Crippen LogP contribution in [-0.4, -0.2) is 19.4 Å². The number of ether oxygens (including phenoxy) is 2. The van der Waals surface area contributed by atoms with Gasteiger partial charge >= 0.3 is 6.36 Å². The summed E-state index contributed by atoms with van der Waals surface area (Å²) in [6.45, 7) is 0. The highest BCUT2D eigenvalue weighted by Gasteiger charge is 2.31. The van der Waals surface area contributed by atoms with Gasteiger partial charge in [-0.05, 0) is 24.3 Å². The summed E-state index contributed by atoms with van der Waals surface area (Å²) in [5, 5.41) is 2.49. The lowest BCUT2D eigenvalue weighted by Crippen LogP contribution is -2.17. The normalized spacial score (nSPS) is 10.9. The van der Waals surface area contributed by atoms with Crippen molar-refractivity contribution in [1.82, 2.24) is 0 Å². The number of rotatable bonds is 4. The molecule has 0 atom stereocenters. The molecule has 2 rings (SSSR count). The molecule has 7 heteroatoms. The zero-order valence-electron chi connectivity index (χ0n) is 11.5. The molecule has 0 bridgehead atoms. The minimum absolute atomic E-state index is 0.178. The molecule has 0 fully saturated rings. The third-order valence-corrected chi connectivity index (χ3v) is 2.68. The molecule has 0 aliphatic rings. The summed E-state index contributed by atoms with van der Waals surface area (Å²) in [5.41, 5.74) is 0.449. The molecule has 0 heterocycles. The Balaban J connectivity index is 2.17. The number of para-hydroxylation sites is 1. The molecule has 22 heavy (non-hydrogen) atoms. The number of hydrogen-bond acceptors (Lipinski definition) is 3. The van der Waals surface area contributed by atoms with Gasteiger partial charge in [0.1, 0.15) is 11.5 Å². The second-order valence-corrected chi connectivity index (χ2v) is 4.23. The van der Waals surface area contributed by atoms with E-state index in [-0.39, 0.29) is 11.3 Å². The fraction of sp³-hybridized carbons (Fsp3) is 0.133. The maximum Gasteiger partial charge on any atom is 0.573 e. The van der Waals surface area contributed by atoms with Crippen molar-refractivity contribution in [1.29, 1.82) is 0 Å². The van der Waals surface area contributed by atoms with Gasteiger partial charge in [0.05, 0.1) is 12.7 Å². The number of carbonyl (C=O) groups excluding carboxylic acids is 1. The molecule has 0 unspecified atom stereocenters. The standard InChI is InChI=1S/C15H12F3NO3/c1-21-13-8-3-2-7-12(13)14(20)19-10-5-4-6-11(9-10)22-15(16,17)18/h2-9H,1H3,(H,19,20). The molecule has 4 nitrogen and oxygen atoms in total. The summed E-state index contributed by atoms with van der Waals surface area (Å²) in [5.74, 6) is -0.547. The molecule has 2 aromatic rings. The van der Waals surface area contributed by atoms with Crippen molar-refractivity contribution < 1.29 is 27.4 Å². The number of halogens is 3. The van der Waals surface area contributed by atoms with Crippen molar-refractivity contribution in [2.45, 2.75) is 6.36 Å². The molecule has 0 aliphatic heterocycles. The lowest BCUT2D eigenvalue weighted by atomic mass is 10.2. The zero-order chi connectivity index (χ0) is 16.2. The maximum atomic E-state index is 12.2. The molecule has 0 saturated carbocycles. The van der Waals surface area contributed by atoms with E-state index in [1.165, 1.54) is 19.2 Å². The topological polar surface area (TPSA) is 47.6 Å². The highest BCUT2D eigenvalue weighted by atomic mass is 19.4.